The van der Waals surface area contributed by atoms with E-state index in [9.17, 15) is 0 Å². The van der Waals surface area contributed by atoms with Crippen LogP contribution in [0.15, 0.2) is 24.3 Å². The quantitative estimate of drug-likeness (QED) is 0.469. The van der Waals surface area contributed by atoms with Crippen LogP contribution in [0.5, 0.6) is 5.75 Å². The first-order valence-corrected chi connectivity index (χ1v) is 3.02. The zero-order valence-corrected chi connectivity index (χ0v) is 5.79. The molecule has 0 radical (unpaired) electrons. The third-order valence-corrected chi connectivity index (χ3v) is 1.13. The van der Waals surface area contributed by atoms with E-state index in [2.05, 4.69) is 5.48 Å². The number of para-hydroxylation sites is 2. The standard InChI is InChI=1S/C7H10N2O/c1-9-10-7-5-3-2-4-6(7)8/h2-5,9H,8H2,1H3. The van der Waals surface area contributed by atoms with Gasteiger partial charge in [0.2, 0.25) is 0 Å². The summed E-state index contributed by atoms with van der Waals surface area (Å²) in [5.41, 5.74) is 8.72. The molecule has 10 heavy (non-hydrogen) atoms. The highest BCUT2D eigenvalue weighted by Gasteiger charge is 1.94. The molecular weight excluding hydrogens is 128 g/mol. The van der Waals surface area contributed by atoms with E-state index >= 15 is 0 Å². The number of nitrogens with one attached hydrogen (secondary N) is 1. The Kier molecular flexibility index (Phi) is 2.12. The molecule has 3 heteroatoms. The molecule has 0 spiro atoms. The summed E-state index contributed by atoms with van der Waals surface area (Å²) in [6.45, 7) is 0. The van der Waals surface area contributed by atoms with Crippen molar-refractivity contribution in [3.8, 4) is 5.75 Å². The fourth-order valence-corrected chi connectivity index (χ4v) is 0.683. The van der Waals surface area contributed by atoms with E-state index in [1.54, 1.807) is 19.2 Å². The maximum atomic E-state index is 5.54. The molecule has 0 amide bonds. The zero-order valence-electron chi connectivity index (χ0n) is 5.79. The topological polar surface area (TPSA) is 47.3 Å². The van der Waals surface area contributed by atoms with Crippen molar-refractivity contribution in [3.05, 3.63) is 24.3 Å². The van der Waals surface area contributed by atoms with Gasteiger partial charge in [-0.05, 0) is 12.1 Å². The van der Waals surface area contributed by atoms with Gasteiger partial charge in [0.15, 0.2) is 5.75 Å². The molecule has 1 aromatic carbocycles. The predicted molar refractivity (Wildman–Crippen MR) is 40.5 cm³/mol. The fourth-order valence-electron chi connectivity index (χ4n) is 0.683. The molecule has 0 bridgehead atoms. The lowest BCUT2D eigenvalue weighted by molar-refractivity contribution is 0.225. The molecule has 54 valence electrons. The Labute approximate surface area is 59.8 Å². The minimum Gasteiger partial charge on any atom is -0.407 e. The molecule has 0 saturated heterocycles. The van der Waals surface area contributed by atoms with Gasteiger partial charge in [-0.25, -0.2) is 0 Å². The van der Waals surface area contributed by atoms with E-state index in [0.29, 0.717) is 11.4 Å². The summed E-state index contributed by atoms with van der Waals surface area (Å²) in [6, 6.07) is 7.30. The molecule has 0 saturated carbocycles. The second kappa shape index (κ2) is 3.08. The molecule has 1 rings (SSSR count). The molecule has 0 unspecified atom stereocenters. The van der Waals surface area contributed by atoms with Gasteiger partial charge in [-0.3, -0.25) is 0 Å². The SMILES string of the molecule is CNOc1ccccc1N. The second-order valence-electron chi connectivity index (χ2n) is 1.84. The van der Waals surface area contributed by atoms with Gasteiger partial charge >= 0.3 is 0 Å². The number of hydrogen-bond acceptors (Lipinski definition) is 3. The first kappa shape index (κ1) is 6.89. The Morgan fingerprint density at radius 3 is 2.70 bits per heavy atom. The highest BCUT2D eigenvalue weighted by atomic mass is 16.6. The van der Waals surface area contributed by atoms with Crippen molar-refractivity contribution in [1.82, 2.24) is 5.48 Å². The van der Waals surface area contributed by atoms with Crippen LogP contribution >= 0.6 is 0 Å². The summed E-state index contributed by atoms with van der Waals surface area (Å²) in [5, 5.41) is 0. The number of nitrogen functional groups attached to an aromatic ring is 1. The predicted octanol–water partition coefficient (Wildman–Crippen LogP) is 0.782. The van der Waals surface area contributed by atoms with Gasteiger partial charge in [0.1, 0.15) is 0 Å². The van der Waals surface area contributed by atoms with Gasteiger partial charge in [0.05, 0.1) is 5.69 Å². The molecule has 0 aliphatic rings. The number of anilines is 1. The van der Waals surface area contributed by atoms with Crippen LogP contribution in [0.3, 0.4) is 0 Å². The van der Waals surface area contributed by atoms with Gasteiger partial charge < -0.3 is 10.6 Å². The van der Waals surface area contributed by atoms with Gasteiger partial charge in [-0.15, -0.1) is 0 Å². The Bertz CT molecular complexity index is 213. The summed E-state index contributed by atoms with van der Waals surface area (Å²) in [4.78, 5) is 4.96. The van der Waals surface area contributed by atoms with Crippen LogP contribution in [0.25, 0.3) is 0 Å². The normalized spacial score (nSPS) is 9.30. The van der Waals surface area contributed by atoms with Crippen molar-refractivity contribution >= 4 is 5.69 Å². The van der Waals surface area contributed by atoms with E-state index in [4.69, 9.17) is 10.6 Å². The highest BCUT2D eigenvalue weighted by molar-refractivity contribution is 5.51. The fraction of sp³-hybridized carbons (Fsp3) is 0.143. The molecule has 0 aromatic heterocycles. The number of rotatable bonds is 2. The maximum absolute atomic E-state index is 5.54. The third kappa shape index (κ3) is 1.39. The average Bonchev–Trinajstić information content (AvgIpc) is 1.94. The second-order valence-corrected chi connectivity index (χ2v) is 1.84. The highest BCUT2D eigenvalue weighted by Crippen LogP contribution is 2.17. The lowest BCUT2D eigenvalue weighted by atomic mass is 10.3. The van der Waals surface area contributed by atoms with Gasteiger partial charge in [0.25, 0.3) is 0 Å². The minimum atomic E-state index is 0.636. The van der Waals surface area contributed by atoms with E-state index in [0.717, 1.165) is 0 Å². The van der Waals surface area contributed by atoms with Gasteiger partial charge in [0, 0.05) is 7.05 Å². The Morgan fingerprint density at radius 2 is 2.10 bits per heavy atom. The number of benzene rings is 1. The lowest BCUT2D eigenvalue weighted by Gasteiger charge is -2.03. The number of nitrogens with two attached hydrogens (primary N) is 1. The van der Waals surface area contributed by atoms with Crippen LogP contribution in [-0.4, -0.2) is 7.05 Å². The molecule has 0 heterocycles. The molecule has 0 atom stereocenters. The Morgan fingerprint density at radius 1 is 1.40 bits per heavy atom. The number of hydrogen-bond donors (Lipinski definition) is 2. The average molecular weight is 138 g/mol. The molecule has 1 aromatic rings. The molecule has 3 nitrogen and oxygen atoms in total. The van der Waals surface area contributed by atoms with E-state index < -0.39 is 0 Å². The van der Waals surface area contributed by atoms with E-state index in [1.807, 2.05) is 12.1 Å². The van der Waals surface area contributed by atoms with Gasteiger partial charge in [-0.1, -0.05) is 12.1 Å². The summed E-state index contributed by atoms with van der Waals surface area (Å²) >= 11 is 0. The van der Waals surface area contributed by atoms with Crippen LogP contribution < -0.4 is 16.1 Å². The lowest BCUT2D eigenvalue weighted by Crippen LogP contribution is -2.11. The van der Waals surface area contributed by atoms with Crippen molar-refractivity contribution in [2.45, 2.75) is 0 Å². The largest absolute Gasteiger partial charge is 0.407 e. The van der Waals surface area contributed by atoms with Crippen molar-refractivity contribution in [2.24, 2.45) is 0 Å². The van der Waals surface area contributed by atoms with Crippen molar-refractivity contribution in [1.29, 1.82) is 0 Å². The van der Waals surface area contributed by atoms with Crippen LogP contribution in [-0.2, 0) is 0 Å². The molecule has 0 aliphatic heterocycles. The van der Waals surface area contributed by atoms with E-state index in [-0.39, 0.29) is 0 Å². The summed E-state index contributed by atoms with van der Waals surface area (Å²) in [6.07, 6.45) is 0. The number of hydroxylamine groups is 1. The summed E-state index contributed by atoms with van der Waals surface area (Å²) in [5.74, 6) is 0.657. The Balaban J connectivity index is 2.81. The first-order valence-electron chi connectivity index (χ1n) is 3.02. The molecular formula is C7H10N2O. The van der Waals surface area contributed by atoms with Crippen molar-refractivity contribution < 1.29 is 4.84 Å². The van der Waals surface area contributed by atoms with Crippen LogP contribution in [0.2, 0.25) is 0 Å². The summed E-state index contributed by atoms with van der Waals surface area (Å²) in [7, 11) is 1.69. The van der Waals surface area contributed by atoms with Crippen molar-refractivity contribution in [2.75, 3.05) is 12.8 Å². The molecule has 0 fully saturated rings. The first-order chi connectivity index (χ1) is 4.84. The van der Waals surface area contributed by atoms with Crippen molar-refractivity contribution in [3.63, 3.8) is 0 Å². The molecule has 3 N–H and O–H groups in total. The molecule has 0 aliphatic carbocycles. The zero-order chi connectivity index (χ0) is 7.40. The smallest absolute Gasteiger partial charge is 0.169 e. The third-order valence-electron chi connectivity index (χ3n) is 1.13. The monoisotopic (exact) mass is 138 g/mol. The van der Waals surface area contributed by atoms with Gasteiger partial charge in [-0.2, -0.15) is 5.48 Å². The van der Waals surface area contributed by atoms with Crippen LogP contribution in [0.4, 0.5) is 5.69 Å². The maximum Gasteiger partial charge on any atom is 0.169 e. The Hall–Kier alpha value is -1.22. The van der Waals surface area contributed by atoms with E-state index in [1.165, 1.54) is 0 Å². The van der Waals surface area contributed by atoms with Crippen LogP contribution in [0.1, 0.15) is 0 Å². The van der Waals surface area contributed by atoms with Crippen LogP contribution in [0, 0.1) is 0 Å². The minimum absolute atomic E-state index is 0.636. The summed E-state index contributed by atoms with van der Waals surface area (Å²) < 4.78 is 0.